The Bertz CT molecular complexity index is 2020. The monoisotopic (exact) mass is 548 g/mol. The molecule has 204 valence electrons. The molecule has 1 aliphatic heterocycles. The van der Waals surface area contributed by atoms with Crippen molar-refractivity contribution in [1.82, 2.24) is 14.9 Å². The zero-order chi connectivity index (χ0) is 28.5. The minimum atomic E-state index is -0.354. The summed E-state index contributed by atoms with van der Waals surface area (Å²) in [6.07, 6.45) is 14.9. The van der Waals surface area contributed by atoms with E-state index in [1.165, 1.54) is 6.07 Å². The Balaban J connectivity index is 1.36. The van der Waals surface area contributed by atoms with Crippen molar-refractivity contribution in [3.63, 3.8) is 0 Å². The van der Waals surface area contributed by atoms with E-state index in [-0.39, 0.29) is 11.9 Å². The van der Waals surface area contributed by atoms with Gasteiger partial charge in [0.05, 0.1) is 16.6 Å². The van der Waals surface area contributed by atoms with Gasteiger partial charge in [0.15, 0.2) is 0 Å². The molecular formula is C37H29FN4. The van der Waals surface area contributed by atoms with Gasteiger partial charge < -0.3 is 15.6 Å². The van der Waals surface area contributed by atoms with Crippen molar-refractivity contribution in [3.05, 3.63) is 157 Å². The first-order chi connectivity index (χ1) is 20.7. The predicted octanol–water partition coefficient (Wildman–Crippen LogP) is 8.29. The van der Waals surface area contributed by atoms with Gasteiger partial charge in [-0.15, -0.1) is 0 Å². The fourth-order valence-electron chi connectivity index (χ4n) is 5.80. The van der Waals surface area contributed by atoms with Crippen molar-refractivity contribution < 1.29 is 4.39 Å². The molecule has 1 atom stereocenters. The number of aromatic nitrogens is 2. The van der Waals surface area contributed by atoms with Gasteiger partial charge in [-0.25, -0.2) is 4.39 Å². The summed E-state index contributed by atoms with van der Waals surface area (Å²) in [5.74, 6) is -0.354. The molecule has 42 heavy (non-hydrogen) atoms. The van der Waals surface area contributed by atoms with E-state index >= 15 is 4.39 Å². The molecule has 0 saturated carbocycles. The summed E-state index contributed by atoms with van der Waals surface area (Å²) in [4.78, 5) is 4.62. The molecule has 0 saturated heterocycles. The number of fused-ring (bicyclic) bond motifs is 4. The highest BCUT2D eigenvalue weighted by Crippen LogP contribution is 2.33. The first-order valence-corrected chi connectivity index (χ1v) is 14.1. The number of nitrogens with two attached hydrogens (primary N) is 1. The van der Waals surface area contributed by atoms with Gasteiger partial charge in [-0.05, 0) is 83.1 Å². The number of benzene rings is 4. The molecule has 0 amide bonds. The lowest BCUT2D eigenvalue weighted by Crippen LogP contribution is -2.22. The van der Waals surface area contributed by atoms with Gasteiger partial charge in [0.25, 0.3) is 0 Å². The molecule has 4 aromatic carbocycles. The van der Waals surface area contributed by atoms with Gasteiger partial charge in [0, 0.05) is 34.6 Å². The molecule has 1 unspecified atom stereocenters. The van der Waals surface area contributed by atoms with Gasteiger partial charge in [0.1, 0.15) is 5.82 Å². The summed E-state index contributed by atoms with van der Waals surface area (Å²) in [5.41, 5.74) is 13.4. The van der Waals surface area contributed by atoms with Gasteiger partial charge in [0.2, 0.25) is 0 Å². The van der Waals surface area contributed by atoms with Crippen LogP contribution in [0.4, 0.5) is 4.39 Å². The molecule has 3 N–H and O–H groups in total. The quantitative estimate of drug-likeness (QED) is 0.206. The highest BCUT2D eigenvalue weighted by molar-refractivity contribution is 6.07. The lowest BCUT2D eigenvalue weighted by Gasteiger charge is -2.16. The van der Waals surface area contributed by atoms with Crippen LogP contribution in [0.15, 0.2) is 140 Å². The normalized spacial score (nSPS) is 15.5. The number of halogens is 1. The minimum absolute atomic E-state index is 0.180. The topological polar surface area (TPSA) is 55.9 Å². The molecule has 0 radical (unpaired) electrons. The molecule has 0 bridgehead atoms. The van der Waals surface area contributed by atoms with Gasteiger partial charge in [-0.3, -0.25) is 4.98 Å². The Kier molecular flexibility index (Phi) is 6.61. The molecule has 6 aromatic rings. The molecule has 0 aliphatic carbocycles. The summed E-state index contributed by atoms with van der Waals surface area (Å²) in [5, 5.41) is 6.70. The molecule has 3 heterocycles. The Morgan fingerprint density at radius 1 is 0.881 bits per heavy atom. The fraction of sp³-hybridized carbons (Fsp3) is 0.0541. The number of nitrogens with one attached hydrogen (secondary N) is 1. The number of rotatable bonds is 6. The van der Waals surface area contributed by atoms with Crippen LogP contribution in [0.3, 0.4) is 0 Å². The Hall–Kier alpha value is -5.42. The number of pyridine rings is 1. The SMILES string of the molecule is N/C(=C\C(=C/CC1C=CC=CN1)c1cccc2ccccc12)c1cc(F)cc(-n2c3ccccc3c3ncccc32)c1. The van der Waals surface area contributed by atoms with E-state index < -0.39 is 0 Å². The van der Waals surface area contributed by atoms with E-state index in [1.54, 1.807) is 12.3 Å². The van der Waals surface area contributed by atoms with E-state index in [0.29, 0.717) is 16.9 Å². The van der Waals surface area contributed by atoms with Gasteiger partial charge in [-0.1, -0.05) is 78.9 Å². The Labute approximate surface area is 243 Å². The zero-order valence-corrected chi connectivity index (χ0v) is 22.9. The average molecular weight is 549 g/mol. The maximum atomic E-state index is 15.3. The third-order valence-electron chi connectivity index (χ3n) is 7.77. The van der Waals surface area contributed by atoms with E-state index in [4.69, 9.17) is 5.73 Å². The second-order valence-electron chi connectivity index (χ2n) is 10.5. The standard InChI is InChI=1S/C37H29FN4/c38-28-21-27(22-30(24-28)42-35-15-4-3-13-33(35)37-36(42)16-8-20-41-37)34(39)23-26(17-18-29-11-5-6-19-40-29)32-14-7-10-25-9-1-2-12-31(25)32/h1-17,19-24,29,40H,18,39H2/b26-17+,34-23-. The molecule has 0 spiro atoms. The first kappa shape index (κ1) is 25.5. The molecule has 0 fully saturated rings. The van der Waals surface area contributed by atoms with Crippen LogP contribution in [0, 0.1) is 5.82 Å². The summed E-state index contributed by atoms with van der Waals surface area (Å²) in [6.45, 7) is 0. The molecule has 1 aliphatic rings. The molecule has 2 aromatic heterocycles. The number of allylic oxidation sites excluding steroid dienone is 4. The van der Waals surface area contributed by atoms with E-state index in [9.17, 15) is 0 Å². The second-order valence-corrected chi connectivity index (χ2v) is 10.5. The second kappa shape index (κ2) is 10.9. The number of para-hydroxylation sites is 1. The van der Waals surface area contributed by atoms with Crippen molar-refractivity contribution in [1.29, 1.82) is 0 Å². The number of hydrogen-bond acceptors (Lipinski definition) is 3. The van der Waals surface area contributed by atoms with Gasteiger partial charge in [-0.2, -0.15) is 0 Å². The predicted molar refractivity (Wildman–Crippen MR) is 172 cm³/mol. The summed E-state index contributed by atoms with van der Waals surface area (Å²) in [7, 11) is 0. The van der Waals surface area contributed by atoms with E-state index in [2.05, 4.69) is 58.9 Å². The maximum Gasteiger partial charge on any atom is 0.125 e. The number of nitrogens with zero attached hydrogens (tertiary/aromatic N) is 2. The third kappa shape index (κ3) is 4.75. The lowest BCUT2D eigenvalue weighted by atomic mass is 9.95. The largest absolute Gasteiger partial charge is 0.398 e. The van der Waals surface area contributed by atoms with E-state index in [1.807, 2.05) is 77.5 Å². The fourth-order valence-corrected chi connectivity index (χ4v) is 5.80. The van der Waals surface area contributed by atoms with Crippen LogP contribution < -0.4 is 11.1 Å². The lowest BCUT2D eigenvalue weighted by molar-refractivity contribution is 0.626. The van der Waals surface area contributed by atoms with Crippen molar-refractivity contribution in [2.45, 2.75) is 12.5 Å². The summed E-state index contributed by atoms with van der Waals surface area (Å²) in [6, 6.07) is 31.8. The summed E-state index contributed by atoms with van der Waals surface area (Å²) >= 11 is 0. The molecule has 4 nitrogen and oxygen atoms in total. The van der Waals surface area contributed by atoms with Crippen molar-refractivity contribution in [3.8, 4) is 5.69 Å². The maximum absolute atomic E-state index is 15.3. The van der Waals surface area contributed by atoms with Crippen LogP contribution in [0.2, 0.25) is 0 Å². The van der Waals surface area contributed by atoms with Crippen LogP contribution in [-0.2, 0) is 0 Å². The van der Waals surface area contributed by atoms with Crippen molar-refractivity contribution >= 4 is 44.0 Å². The third-order valence-corrected chi connectivity index (χ3v) is 7.77. The highest BCUT2D eigenvalue weighted by Gasteiger charge is 2.15. The Morgan fingerprint density at radius 3 is 2.57 bits per heavy atom. The first-order valence-electron chi connectivity index (χ1n) is 14.1. The zero-order valence-electron chi connectivity index (χ0n) is 22.9. The smallest absolute Gasteiger partial charge is 0.125 e. The van der Waals surface area contributed by atoms with Crippen LogP contribution >= 0.6 is 0 Å². The Morgan fingerprint density at radius 2 is 1.69 bits per heavy atom. The average Bonchev–Trinajstić information content (AvgIpc) is 3.37. The highest BCUT2D eigenvalue weighted by atomic mass is 19.1. The van der Waals surface area contributed by atoms with Crippen LogP contribution in [0.1, 0.15) is 17.5 Å². The number of hydrogen-bond donors (Lipinski definition) is 2. The van der Waals surface area contributed by atoms with Crippen molar-refractivity contribution in [2.24, 2.45) is 5.73 Å². The van der Waals surface area contributed by atoms with Crippen LogP contribution in [-0.4, -0.2) is 15.6 Å². The van der Waals surface area contributed by atoms with Gasteiger partial charge >= 0.3 is 0 Å². The minimum Gasteiger partial charge on any atom is -0.398 e. The van der Waals surface area contributed by atoms with E-state index in [0.717, 1.165) is 50.3 Å². The number of dihydropyridines is 1. The molecule has 5 heteroatoms. The summed E-state index contributed by atoms with van der Waals surface area (Å²) < 4.78 is 17.3. The van der Waals surface area contributed by atoms with Crippen LogP contribution in [0.5, 0.6) is 0 Å². The van der Waals surface area contributed by atoms with Crippen LogP contribution in [0.25, 0.3) is 49.7 Å². The molecular weight excluding hydrogens is 519 g/mol. The van der Waals surface area contributed by atoms with Crippen molar-refractivity contribution in [2.75, 3.05) is 0 Å². The molecule has 7 rings (SSSR count).